The Labute approximate surface area is 134 Å². The number of ketones is 1. The first-order valence-corrected chi connectivity index (χ1v) is 8.19. The maximum atomic E-state index is 11.8. The Hall–Kier alpha value is -1.82. The lowest BCUT2D eigenvalue weighted by molar-refractivity contribution is -0.145. The molecule has 1 aromatic rings. The fraction of sp³-hybridized carbons (Fsp3) is 0.438. The number of benzene rings is 1. The van der Waals surface area contributed by atoms with Crippen molar-refractivity contribution in [2.24, 2.45) is 0 Å². The van der Waals surface area contributed by atoms with Gasteiger partial charge in [0.15, 0.2) is 5.78 Å². The summed E-state index contributed by atoms with van der Waals surface area (Å²) in [6.45, 7) is 5.88. The third kappa shape index (κ3) is 7.26. The van der Waals surface area contributed by atoms with Crippen LogP contribution in [-0.2, 0) is 19.1 Å². The number of carbonyl (C=O) groups excluding carboxylic acids is 3. The van der Waals surface area contributed by atoms with Gasteiger partial charge in [0, 0.05) is 5.69 Å². The lowest BCUT2D eigenvalue weighted by atomic mass is 10.1. The zero-order valence-corrected chi connectivity index (χ0v) is 13.9. The molecule has 0 aliphatic carbocycles. The summed E-state index contributed by atoms with van der Waals surface area (Å²) in [4.78, 5) is 34.4. The third-order valence-electron chi connectivity index (χ3n) is 2.65. The SMILES string of the molecule is CCOC(=O)CC(=O)CSCC(=O)Nc1cc(C)cc(C)c1. The van der Waals surface area contributed by atoms with Crippen molar-refractivity contribution in [2.75, 3.05) is 23.4 Å². The maximum Gasteiger partial charge on any atom is 0.313 e. The minimum absolute atomic E-state index is 0.124. The molecular formula is C16H21NO4S. The van der Waals surface area contributed by atoms with Crippen LogP contribution in [0.25, 0.3) is 0 Å². The molecular weight excluding hydrogens is 302 g/mol. The van der Waals surface area contributed by atoms with E-state index in [2.05, 4.69) is 5.32 Å². The van der Waals surface area contributed by atoms with E-state index in [1.807, 2.05) is 32.0 Å². The molecule has 0 fully saturated rings. The molecule has 0 aliphatic heterocycles. The highest BCUT2D eigenvalue weighted by Gasteiger charge is 2.11. The lowest BCUT2D eigenvalue weighted by Crippen LogP contribution is -2.17. The average molecular weight is 323 g/mol. The smallest absolute Gasteiger partial charge is 0.313 e. The minimum atomic E-state index is -0.521. The number of anilines is 1. The summed E-state index contributed by atoms with van der Waals surface area (Å²) in [5.74, 6) is -0.630. The molecule has 0 bridgehead atoms. The number of esters is 1. The molecule has 0 atom stereocenters. The zero-order chi connectivity index (χ0) is 16.5. The van der Waals surface area contributed by atoms with Crippen LogP contribution in [0.1, 0.15) is 24.5 Å². The Morgan fingerprint density at radius 2 is 1.73 bits per heavy atom. The highest BCUT2D eigenvalue weighted by molar-refractivity contribution is 8.00. The summed E-state index contributed by atoms with van der Waals surface area (Å²) in [5, 5.41) is 2.80. The Bertz CT molecular complexity index is 537. The van der Waals surface area contributed by atoms with Crippen LogP contribution in [0.3, 0.4) is 0 Å². The molecule has 0 saturated carbocycles. The second-order valence-electron chi connectivity index (χ2n) is 4.94. The van der Waals surface area contributed by atoms with E-state index >= 15 is 0 Å². The molecule has 1 amide bonds. The molecule has 0 aliphatic rings. The molecule has 0 radical (unpaired) electrons. The van der Waals surface area contributed by atoms with Crippen molar-refractivity contribution < 1.29 is 19.1 Å². The molecule has 120 valence electrons. The first-order valence-electron chi connectivity index (χ1n) is 7.04. The van der Waals surface area contributed by atoms with Crippen LogP contribution in [0, 0.1) is 13.8 Å². The van der Waals surface area contributed by atoms with Gasteiger partial charge in [-0.1, -0.05) is 6.07 Å². The van der Waals surface area contributed by atoms with Gasteiger partial charge in [0.1, 0.15) is 6.42 Å². The third-order valence-corrected chi connectivity index (χ3v) is 3.64. The first-order chi connectivity index (χ1) is 10.4. The van der Waals surface area contributed by atoms with Crippen LogP contribution in [-0.4, -0.2) is 35.8 Å². The second kappa shape index (κ2) is 9.25. The molecule has 22 heavy (non-hydrogen) atoms. The largest absolute Gasteiger partial charge is 0.466 e. The van der Waals surface area contributed by atoms with Crippen molar-refractivity contribution in [3.05, 3.63) is 29.3 Å². The highest BCUT2D eigenvalue weighted by Crippen LogP contribution is 2.14. The zero-order valence-electron chi connectivity index (χ0n) is 13.1. The summed E-state index contributed by atoms with van der Waals surface area (Å²) in [6, 6.07) is 5.81. The van der Waals surface area contributed by atoms with Crippen molar-refractivity contribution in [3.8, 4) is 0 Å². The van der Waals surface area contributed by atoms with Crippen molar-refractivity contribution in [3.63, 3.8) is 0 Å². The van der Waals surface area contributed by atoms with Gasteiger partial charge >= 0.3 is 5.97 Å². The van der Waals surface area contributed by atoms with Gasteiger partial charge < -0.3 is 10.1 Å². The molecule has 0 saturated heterocycles. The lowest BCUT2D eigenvalue weighted by Gasteiger charge is -2.07. The van der Waals surface area contributed by atoms with Gasteiger partial charge in [0.05, 0.1) is 18.1 Å². The van der Waals surface area contributed by atoms with Crippen molar-refractivity contribution in [1.29, 1.82) is 0 Å². The van der Waals surface area contributed by atoms with Gasteiger partial charge in [-0.15, -0.1) is 11.8 Å². The number of Topliss-reactive ketones (excluding diaryl/α,β-unsaturated/α-hetero) is 1. The normalized spacial score (nSPS) is 10.1. The van der Waals surface area contributed by atoms with E-state index in [1.54, 1.807) is 6.92 Å². The van der Waals surface area contributed by atoms with Gasteiger partial charge in [-0.05, 0) is 44.0 Å². The van der Waals surface area contributed by atoms with Crippen LogP contribution in [0.2, 0.25) is 0 Å². The Balaban J connectivity index is 2.31. The fourth-order valence-corrected chi connectivity index (χ4v) is 2.61. The molecule has 1 N–H and O–H groups in total. The predicted molar refractivity (Wildman–Crippen MR) is 88.1 cm³/mol. The van der Waals surface area contributed by atoms with E-state index in [1.165, 1.54) is 11.8 Å². The maximum absolute atomic E-state index is 11.8. The number of nitrogens with one attached hydrogen (secondary N) is 1. The van der Waals surface area contributed by atoms with Gasteiger partial charge in [-0.3, -0.25) is 14.4 Å². The van der Waals surface area contributed by atoms with E-state index in [9.17, 15) is 14.4 Å². The van der Waals surface area contributed by atoms with Gasteiger partial charge in [-0.2, -0.15) is 0 Å². The molecule has 0 spiro atoms. The first kappa shape index (κ1) is 18.2. The number of amides is 1. The topological polar surface area (TPSA) is 72.5 Å². The van der Waals surface area contributed by atoms with E-state index < -0.39 is 5.97 Å². The Morgan fingerprint density at radius 3 is 2.32 bits per heavy atom. The van der Waals surface area contributed by atoms with Crippen LogP contribution >= 0.6 is 11.8 Å². The number of hydrogen-bond acceptors (Lipinski definition) is 5. The minimum Gasteiger partial charge on any atom is -0.466 e. The summed E-state index contributed by atoms with van der Waals surface area (Å²) >= 11 is 1.19. The Morgan fingerprint density at radius 1 is 1.09 bits per heavy atom. The average Bonchev–Trinajstić information content (AvgIpc) is 2.37. The Kier molecular flexibility index (Phi) is 7.66. The molecule has 0 heterocycles. The van der Waals surface area contributed by atoms with E-state index in [4.69, 9.17) is 4.74 Å². The van der Waals surface area contributed by atoms with E-state index in [-0.39, 0.29) is 36.2 Å². The molecule has 5 nitrogen and oxygen atoms in total. The van der Waals surface area contributed by atoms with Crippen LogP contribution in [0.15, 0.2) is 18.2 Å². The summed E-state index contributed by atoms with van der Waals surface area (Å²) in [5.41, 5.74) is 2.90. The highest BCUT2D eigenvalue weighted by atomic mass is 32.2. The van der Waals surface area contributed by atoms with Gasteiger partial charge in [-0.25, -0.2) is 0 Å². The second-order valence-corrected chi connectivity index (χ2v) is 5.92. The quantitative estimate of drug-likeness (QED) is 0.588. The number of hydrogen-bond donors (Lipinski definition) is 1. The van der Waals surface area contributed by atoms with Gasteiger partial charge in [0.2, 0.25) is 5.91 Å². The molecule has 0 aromatic heterocycles. The molecule has 1 rings (SSSR count). The van der Waals surface area contributed by atoms with Crippen LogP contribution < -0.4 is 5.32 Å². The number of aryl methyl sites for hydroxylation is 2. The van der Waals surface area contributed by atoms with E-state index in [0.717, 1.165) is 16.8 Å². The number of carbonyl (C=O) groups is 3. The number of thioether (sulfide) groups is 1. The monoisotopic (exact) mass is 323 g/mol. The number of ether oxygens (including phenoxy) is 1. The summed E-state index contributed by atoms with van der Waals surface area (Å²) in [6.07, 6.45) is -0.237. The van der Waals surface area contributed by atoms with Crippen molar-refractivity contribution in [1.82, 2.24) is 0 Å². The van der Waals surface area contributed by atoms with Crippen molar-refractivity contribution in [2.45, 2.75) is 27.2 Å². The van der Waals surface area contributed by atoms with Gasteiger partial charge in [0.25, 0.3) is 0 Å². The molecule has 1 aromatic carbocycles. The molecule has 6 heteroatoms. The van der Waals surface area contributed by atoms with Crippen LogP contribution in [0.4, 0.5) is 5.69 Å². The molecule has 0 unspecified atom stereocenters. The fourth-order valence-electron chi connectivity index (χ4n) is 1.93. The van der Waals surface area contributed by atoms with E-state index in [0.29, 0.717) is 0 Å². The van der Waals surface area contributed by atoms with Crippen LogP contribution in [0.5, 0.6) is 0 Å². The predicted octanol–water partition coefficient (Wildman–Crippen LogP) is 2.50. The number of rotatable bonds is 8. The summed E-state index contributed by atoms with van der Waals surface area (Å²) in [7, 11) is 0. The standard InChI is InChI=1S/C16H21NO4S/c1-4-21-16(20)8-14(18)9-22-10-15(19)17-13-6-11(2)5-12(3)7-13/h5-7H,4,8-10H2,1-3H3,(H,17,19). The van der Waals surface area contributed by atoms with Crippen molar-refractivity contribution >= 4 is 35.1 Å². The summed E-state index contributed by atoms with van der Waals surface area (Å²) < 4.78 is 4.69.